The van der Waals surface area contributed by atoms with Crippen LogP contribution in [0.5, 0.6) is 0 Å². The zero-order chi connectivity index (χ0) is 22.0. The topological polar surface area (TPSA) is 93.1 Å². The van der Waals surface area contributed by atoms with Gasteiger partial charge in [-0.3, -0.25) is 19.0 Å². The summed E-state index contributed by atoms with van der Waals surface area (Å²) in [7, 11) is 1.55. The summed E-state index contributed by atoms with van der Waals surface area (Å²) < 4.78 is 1.64. The highest BCUT2D eigenvalue weighted by Gasteiger charge is 2.19. The molecule has 9 heteroatoms. The van der Waals surface area contributed by atoms with Crippen molar-refractivity contribution in [3.63, 3.8) is 0 Å². The average Bonchev–Trinajstić information content (AvgIpc) is 2.99. The number of nitrogens with one attached hydrogen (secondary N) is 2. The Labute approximate surface area is 182 Å². The second kappa shape index (κ2) is 9.01. The lowest BCUT2D eigenvalue weighted by Crippen LogP contribution is -2.25. The van der Waals surface area contributed by atoms with Crippen LogP contribution in [0.15, 0.2) is 34.2 Å². The number of rotatable bonds is 6. The van der Waals surface area contributed by atoms with E-state index in [2.05, 4.69) is 15.6 Å². The first-order valence-corrected chi connectivity index (χ1v) is 11.3. The highest BCUT2D eigenvalue weighted by Crippen LogP contribution is 2.29. The lowest BCUT2D eigenvalue weighted by atomic mass is 10.2. The summed E-state index contributed by atoms with van der Waals surface area (Å²) in [4.78, 5) is 43.8. The molecule has 3 rings (SSSR count). The quantitative estimate of drug-likeness (QED) is 0.446. The summed E-state index contributed by atoms with van der Waals surface area (Å²) in [6.07, 6.45) is 0. The van der Waals surface area contributed by atoms with E-state index in [1.807, 2.05) is 27.7 Å². The molecule has 2 N–H and O–H groups in total. The van der Waals surface area contributed by atoms with Crippen LogP contribution in [-0.2, 0) is 4.79 Å². The Balaban J connectivity index is 1.82. The second-order valence-corrected chi connectivity index (χ2v) is 9.27. The van der Waals surface area contributed by atoms with Gasteiger partial charge in [-0.15, -0.1) is 11.3 Å². The van der Waals surface area contributed by atoms with E-state index in [-0.39, 0.29) is 29.2 Å². The zero-order valence-corrected chi connectivity index (χ0v) is 19.2. The molecule has 158 valence electrons. The van der Waals surface area contributed by atoms with Gasteiger partial charge < -0.3 is 10.6 Å². The fraction of sp³-hybridized carbons (Fsp3) is 0.333. The van der Waals surface area contributed by atoms with Crippen LogP contribution in [0.25, 0.3) is 10.2 Å². The summed E-state index contributed by atoms with van der Waals surface area (Å²) in [6, 6.07) is 6.65. The highest BCUT2D eigenvalue weighted by atomic mass is 32.2. The molecule has 30 heavy (non-hydrogen) atoms. The summed E-state index contributed by atoms with van der Waals surface area (Å²) >= 11 is 2.72. The molecule has 3 aromatic rings. The van der Waals surface area contributed by atoms with Crippen molar-refractivity contribution >= 4 is 50.8 Å². The van der Waals surface area contributed by atoms with Gasteiger partial charge in [-0.1, -0.05) is 17.8 Å². The molecule has 0 radical (unpaired) electrons. The summed E-state index contributed by atoms with van der Waals surface area (Å²) in [5, 5.41) is 6.53. The van der Waals surface area contributed by atoms with E-state index in [1.165, 1.54) is 23.1 Å². The molecule has 2 heterocycles. The van der Waals surface area contributed by atoms with Crippen LogP contribution in [0.2, 0.25) is 0 Å². The number of carbonyl (C=O) groups excluding carboxylic acids is 2. The molecule has 1 aromatic carbocycles. The molecule has 0 bridgehead atoms. The van der Waals surface area contributed by atoms with Crippen LogP contribution in [0.3, 0.4) is 0 Å². The number of anilines is 1. The predicted molar refractivity (Wildman–Crippen MR) is 123 cm³/mol. The maximum absolute atomic E-state index is 13.1. The largest absolute Gasteiger partial charge is 0.355 e. The van der Waals surface area contributed by atoms with Crippen molar-refractivity contribution in [2.45, 2.75) is 38.9 Å². The molecule has 7 nitrogen and oxygen atoms in total. The standard InChI is InChI=1S/C21H24N4O3S2/c1-11(2)25-20(28)17-12(3)13(4)30-19(17)24-21(25)29-10-16(26)23-15-8-6-7-14(9-15)18(27)22-5/h6-9,11H,10H2,1-5H3,(H,22,27)(H,23,26). The number of nitrogens with zero attached hydrogens (tertiary/aromatic N) is 2. The van der Waals surface area contributed by atoms with Crippen molar-refractivity contribution in [2.75, 3.05) is 18.1 Å². The van der Waals surface area contributed by atoms with E-state index in [9.17, 15) is 14.4 Å². The van der Waals surface area contributed by atoms with E-state index in [0.717, 1.165) is 10.4 Å². The lowest BCUT2D eigenvalue weighted by Gasteiger charge is -2.15. The third kappa shape index (κ3) is 4.41. The van der Waals surface area contributed by atoms with Gasteiger partial charge in [0.2, 0.25) is 5.91 Å². The molecule has 0 spiro atoms. The Morgan fingerprint density at radius 2 is 2.00 bits per heavy atom. The molecule has 0 saturated heterocycles. The first kappa shape index (κ1) is 22.0. The van der Waals surface area contributed by atoms with Crippen LogP contribution in [-0.4, -0.2) is 34.2 Å². The number of fused-ring (bicyclic) bond motifs is 1. The fourth-order valence-corrected chi connectivity index (χ4v) is 5.05. The molecular formula is C21H24N4O3S2. The SMILES string of the molecule is CNC(=O)c1cccc(NC(=O)CSc2nc3sc(C)c(C)c3c(=O)n2C(C)C)c1. The summed E-state index contributed by atoms with van der Waals surface area (Å²) in [5.41, 5.74) is 1.90. The maximum Gasteiger partial charge on any atom is 0.263 e. The first-order valence-electron chi connectivity index (χ1n) is 9.50. The van der Waals surface area contributed by atoms with Crippen LogP contribution < -0.4 is 16.2 Å². The third-order valence-corrected chi connectivity index (χ3v) is 6.74. The third-order valence-electron chi connectivity index (χ3n) is 4.69. The van der Waals surface area contributed by atoms with Gasteiger partial charge in [0.1, 0.15) is 4.83 Å². The van der Waals surface area contributed by atoms with Crippen molar-refractivity contribution < 1.29 is 9.59 Å². The number of hydrogen-bond donors (Lipinski definition) is 2. The molecule has 2 amide bonds. The van der Waals surface area contributed by atoms with Crippen LogP contribution in [0, 0.1) is 13.8 Å². The Kier molecular flexibility index (Phi) is 6.62. The normalized spacial score (nSPS) is 11.1. The van der Waals surface area contributed by atoms with Crippen molar-refractivity contribution in [2.24, 2.45) is 0 Å². The number of thiophene rings is 1. The van der Waals surface area contributed by atoms with Crippen molar-refractivity contribution in [1.29, 1.82) is 0 Å². The molecule has 0 unspecified atom stereocenters. The van der Waals surface area contributed by atoms with Gasteiger partial charge in [0.05, 0.1) is 11.1 Å². The predicted octanol–water partition coefficient (Wildman–Crippen LogP) is 3.75. The molecule has 0 fully saturated rings. The van der Waals surface area contributed by atoms with Gasteiger partial charge in [0.15, 0.2) is 5.16 Å². The summed E-state index contributed by atoms with van der Waals surface area (Å²) in [6.45, 7) is 7.78. The highest BCUT2D eigenvalue weighted by molar-refractivity contribution is 7.99. The molecule has 0 aliphatic heterocycles. The lowest BCUT2D eigenvalue weighted by molar-refractivity contribution is -0.113. The van der Waals surface area contributed by atoms with Crippen LogP contribution in [0.1, 0.15) is 40.7 Å². The van der Waals surface area contributed by atoms with Gasteiger partial charge in [0.25, 0.3) is 11.5 Å². The molecular weight excluding hydrogens is 420 g/mol. The number of carbonyl (C=O) groups is 2. The number of benzene rings is 1. The van der Waals surface area contributed by atoms with Crippen molar-refractivity contribution in [3.8, 4) is 0 Å². The number of thioether (sulfide) groups is 1. The van der Waals surface area contributed by atoms with Crippen molar-refractivity contribution in [1.82, 2.24) is 14.9 Å². The van der Waals surface area contributed by atoms with Gasteiger partial charge >= 0.3 is 0 Å². The number of hydrogen-bond acceptors (Lipinski definition) is 6. The maximum atomic E-state index is 13.1. The molecule has 0 aliphatic carbocycles. The van der Waals surface area contributed by atoms with E-state index in [1.54, 1.807) is 35.9 Å². The smallest absolute Gasteiger partial charge is 0.263 e. The monoisotopic (exact) mass is 444 g/mol. The first-order chi connectivity index (χ1) is 14.2. The van der Waals surface area contributed by atoms with Crippen LogP contribution in [0.4, 0.5) is 5.69 Å². The van der Waals surface area contributed by atoms with Crippen LogP contribution >= 0.6 is 23.1 Å². The average molecular weight is 445 g/mol. The number of aromatic nitrogens is 2. The van der Waals surface area contributed by atoms with Gasteiger partial charge in [-0.25, -0.2) is 4.98 Å². The van der Waals surface area contributed by atoms with E-state index in [4.69, 9.17) is 0 Å². The van der Waals surface area contributed by atoms with Crippen molar-refractivity contribution in [3.05, 3.63) is 50.6 Å². The van der Waals surface area contributed by atoms with Gasteiger partial charge in [-0.2, -0.15) is 0 Å². The molecule has 0 atom stereocenters. The molecule has 0 saturated carbocycles. The minimum absolute atomic E-state index is 0.0713. The van der Waals surface area contributed by atoms with E-state index >= 15 is 0 Å². The fourth-order valence-electron chi connectivity index (χ4n) is 3.05. The Morgan fingerprint density at radius 1 is 1.27 bits per heavy atom. The minimum Gasteiger partial charge on any atom is -0.355 e. The van der Waals surface area contributed by atoms with Gasteiger partial charge in [-0.05, 0) is 51.5 Å². The summed E-state index contributed by atoms with van der Waals surface area (Å²) in [5.74, 6) is -0.365. The number of amides is 2. The zero-order valence-electron chi connectivity index (χ0n) is 17.5. The van der Waals surface area contributed by atoms with Gasteiger partial charge in [0, 0.05) is 29.2 Å². The van der Waals surface area contributed by atoms with E-state index in [0.29, 0.717) is 26.6 Å². The Hall–Kier alpha value is -2.65. The van der Waals surface area contributed by atoms with E-state index < -0.39 is 0 Å². The minimum atomic E-state index is -0.239. The molecule has 0 aliphatic rings. The number of aryl methyl sites for hydroxylation is 2. The Morgan fingerprint density at radius 3 is 2.67 bits per heavy atom. The Bertz CT molecular complexity index is 1180. The second-order valence-electron chi connectivity index (χ2n) is 7.12. The molecule has 2 aromatic heterocycles.